The average Bonchev–Trinajstić information content (AvgIpc) is 3.39. The van der Waals surface area contributed by atoms with Crippen molar-refractivity contribution in [3.8, 4) is 33.5 Å². The first-order valence-corrected chi connectivity index (χ1v) is 12.4. The van der Waals surface area contributed by atoms with Crippen LogP contribution in [0.1, 0.15) is 12.0 Å². The van der Waals surface area contributed by atoms with Crippen molar-refractivity contribution in [2.75, 3.05) is 13.6 Å². The number of rotatable bonds is 9. The Balaban J connectivity index is 1.34. The van der Waals surface area contributed by atoms with Gasteiger partial charge in [-0.05, 0) is 66.5 Å². The van der Waals surface area contributed by atoms with Gasteiger partial charge in [-0.1, -0.05) is 42.5 Å². The predicted molar refractivity (Wildman–Crippen MR) is 145 cm³/mol. The summed E-state index contributed by atoms with van der Waals surface area (Å²) in [6, 6.07) is 22.2. The number of nitrogens with one attached hydrogen (secondary N) is 1. The Bertz CT molecular complexity index is 1590. The van der Waals surface area contributed by atoms with Crippen LogP contribution in [0.25, 0.3) is 33.5 Å². The third-order valence-corrected chi connectivity index (χ3v) is 6.28. The second-order valence-corrected chi connectivity index (χ2v) is 9.10. The SMILES string of the molecule is CNCCCn1cc(-c2ccc(-c3cccc(Cn4nc(-c5cc(F)cc(F)c5)ccc4=O)c3)cc2)cn1. The van der Waals surface area contributed by atoms with E-state index in [-0.39, 0.29) is 17.7 Å². The topological polar surface area (TPSA) is 64.7 Å². The van der Waals surface area contributed by atoms with Crippen LogP contribution in [0.2, 0.25) is 0 Å². The molecule has 0 amide bonds. The maximum absolute atomic E-state index is 13.7. The first-order valence-electron chi connectivity index (χ1n) is 12.4. The fraction of sp³-hybridized carbons (Fsp3) is 0.167. The van der Waals surface area contributed by atoms with E-state index in [2.05, 4.69) is 46.0 Å². The zero-order chi connectivity index (χ0) is 26.5. The van der Waals surface area contributed by atoms with E-state index in [1.807, 2.05) is 42.2 Å². The van der Waals surface area contributed by atoms with Crippen molar-refractivity contribution < 1.29 is 8.78 Å². The highest BCUT2D eigenvalue weighted by atomic mass is 19.1. The lowest BCUT2D eigenvalue weighted by atomic mass is 10.0. The lowest BCUT2D eigenvalue weighted by Gasteiger charge is -2.10. The molecule has 0 saturated heterocycles. The largest absolute Gasteiger partial charge is 0.320 e. The van der Waals surface area contributed by atoms with E-state index < -0.39 is 11.6 Å². The molecule has 0 radical (unpaired) electrons. The average molecular weight is 512 g/mol. The third-order valence-electron chi connectivity index (χ3n) is 6.28. The Morgan fingerprint density at radius 2 is 1.55 bits per heavy atom. The number of aromatic nitrogens is 4. The lowest BCUT2D eigenvalue weighted by molar-refractivity contribution is 0.562. The summed E-state index contributed by atoms with van der Waals surface area (Å²) in [6.45, 7) is 2.04. The van der Waals surface area contributed by atoms with E-state index in [0.29, 0.717) is 5.69 Å². The molecule has 6 nitrogen and oxygen atoms in total. The number of nitrogens with zero attached hydrogens (tertiary/aromatic N) is 4. The molecule has 0 aliphatic heterocycles. The lowest BCUT2D eigenvalue weighted by Crippen LogP contribution is -2.22. The summed E-state index contributed by atoms with van der Waals surface area (Å²) in [6.07, 6.45) is 4.95. The number of aryl methyl sites for hydroxylation is 1. The minimum Gasteiger partial charge on any atom is -0.320 e. The van der Waals surface area contributed by atoms with E-state index in [0.717, 1.165) is 53.4 Å². The molecule has 0 aliphatic rings. The summed E-state index contributed by atoms with van der Waals surface area (Å²) < 4.78 is 30.6. The van der Waals surface area contributed by atoms with E-state index in [4.69, 9.17) is 0 Å². The second kappa shape index (κ2) is 11.3. The van der Waals surface area contributed by atoms with Gasteiger partial charge in [0, 0.05) is 36.0 Å². The summed E-state index contributed by atoms with van der Waals surface area (Å²) in [5.74, 6) is -1.40. The van der Waals surface area contributed by atoms with Gasteiger partial charge in [0.2, 0.25) is 0 Å². The molecular formula is C30H27F2N5O. The van der Waals surface area contributed by atoms with Crippen LogP contribution in [-0.2, 0) is 13.1 Å². The Hall–Kier alpha value is -4.43. The molecular weight excluding hydrogens is 484 g/mol. The predicted octanol–water partition coefficient (Wildman–Crippen LogP) is 5.38. The van der Waals surface area contributed by atoms with Gasteiger partial charge < -0.3 is 5.32 Å². The molecule has 0 unspecified atom stereocenters. The fourth-order valence-corrected chi connectivity index (χ4v) is 4.35. The minimum atomic E-state index is -0.698. The molecule has 5 aromatic rings. The zero-order valence-corrected chi connectivity index (χ0v) is 20.9. The Morgan fingerprint density at radius 1 is 0.816 bits per heavy atom. The van der Waals surface area contributed by atoms with Gasteiger partial charge in [-0.25, -0.2) is 13.5 Å². The summed E-state index contributed by atoms with van der Waals surface area (Å²) in [7, 11) is 1.94. The fourth-order valence-electron chi connectivity index (χ4n) is 4.35. The molecule has 38 heavy (non-hydrogen) atoms. The van der Waals surface area contributed by atoms with Crippen LogP contribution in [0, 0.1) is 11.6 Å². The second-order valence-electron chi connectivity index (χ2n) is 9.10. The Kier molecular flexibility index (Phi) is 7.51. The Morgan fingerprint density at radius 3 is 2.29 bits per heavy atom. The van der Waals surface area contributed by atoms with Crippen molar-refractivity contribution >= 4 is 0 Å². The van der Waals surface area contributed by atoms with Crippen LogP contribution in [0.4, 0.5) is 8.78 Å². The van der Waals surface area contributed by atoms with Crippen molar-refractivity contribution in [2.45, 2.75) is 19.5 Å². The van der Waals surface area contributed by atoms with E-state index in [1.54, 1.807) is 0 Å². The van der Waals surface area contributed by atoms with Gasteiger partial charge >= 0.3 is 0 Å². The molecule has 2 heterocycles. The molecule has 2 aromatic heterocycles. The van der Waals surface area contributed by atoms with Crippen molar-refractivity contribution in [1.82, 2.24) is 24.9 Å². The molecule has 3 aromatic carbocycles. The van der Waals surface area contributed by atoms with Crippen LogP contribution in [-0.4, -0.2) is 33.2 Å². The molecule has 192 valence electrons. The quantitative estimate of drug-likeness (QED) is 0.270. The Labute approximate surface area is 219 Å². The van der Waals surface area contributed by atoms with E-state index in [9.17, 15) is 13.6 Å². The first kappa shape index (κ1) is 25.2. The van der Waals surface area contributed by atoms with Crippen molar-refractivity contribution in [3.63, 3.8) is 0 Å². The maximum Gasteiger partial charge on any atom is 0.267 e. The normalized spacial score (nSPS) is 11.1. The molecule has 0 fully saturated rings. The summed E-state index contributed by atoms with van der Waals surface area (Å²) in [4.78, 5) is 12.5. The molecule has 0 spiro atoms. The summed E-state index contributed by atoms with van der Waals surface area (Å²) in [5.41, 5.74) is 5.38. The van der Waals surface area contributed by atoms with Crippen LogP contribution in [0.5, 0.6) is 0 Å². The molecule has 0 aliphatic carbocycles. The van der Waals surface area contributed by atoms with Gasteiger partial charge in [-0.2, -0.15) is 10.2 Å². The van der Waals surface area contributed by atoms with Gasteiger partial charge in [0.05, 0.1) is 18.4 Å². The van der Waals surface area contributed by atoms with E-state index in [1.165, 1.54) is 28.9 Å². The van der Waals surface area contributed by atoms with Gasteiger partial charge in [-0.3, -0.25) is 9.48 Å². The first-order chi connectivity index (χ1) is 18.5. The third kappa shape index (κ3) is 5.92. The number of benzene rings is 3. The highest BCUT2D eigenvalue weighted by Gasteiger charge is 2.09. The summed E-state index contributed by atoms with van der Waals surface area (Å²) >= 11 is 0. The smallest absolute Gasteiger partial charge is 0.267 e. The summed E-state index contributed by atoms with van der Waals surface area (Å²) in [5, 5.41) is 12.0. The number of halogens is 2. The van der Waals surface area contributed by atoms with Gasteiger partial charge in [0.1, 0.15) is 11.6 Å². The monoisotopic (exact) mass is 511 g/mol. The molecule has 5 rings (SSSR count). The van der Waals surface area contributed by atoms with Gasteiger partial charge in [0.15, 0.2) is 0 Å². The van der Waals surface area contributed by atoms with Gasteiger partial charge in [0.25, 0.3) is 5.56 Å². The van der Waals surface area contributed by atoms with Crippen LogP contribution in [0.15, 0.2) is 96.1 Å². The number of hydrogen-bond donors (Lipinski definition) is 1. The highest BCUT2D eigenvalue weighted by Crippen LogP contribution is 2.26. The highest BCUT2D eigenvalue weighted by molar-refractivity contribution is 5.70. The van der Waals surface area contributed by atoms with Crippen molar-refractivity contribution in [2.24, 2.45) is 0 Å². The van der Waals surface area contributed by atoms with Crippen molar-refractivity contribution in [1.29, 1.82) is 0 Å². The molecule has 0 saturated carbocycles. The number of hydrogen-bond acceptors (Lipinski definition) is 4. The molecule has 0 atom stereocenters. The van der Waals surface area contributed by atoms with Crippen LogP contribution >= 0.6 is 0 Å². The van der Waals surface area contributed by atoms with Gasteiger partial charge in [-0.15, -0.1) is 0 Å². The minimum absolute atomic E-state index is 0.225. The molecule has 0 bridgehead atoms. The van der Waals surface area contributed by atoms with E-state index >= 15 is 0 Å². The standard InChI is InChI=1S/C30H27F2N5O/c1-33-12-3-13-36-20-26(18-34-36)23-8-6-22(7-9-23)24-5-2-4-21(14-24)19-37-30(38)11-10-29(35-37)25-15-27(31)17-28(32)16-25/h2,4-11,14-18,20,33H,3,12-13,19H2,1H3. The molecule has 1 N–H and O–H groups in total. The van der Waals surface area contributed by atoms with Crippen molar-refractivity contribution in [3.05, 3.63) is 119 Å². The molecule has 8 heteroatoms. The maximum atomic E-state index is 13.7. The van der Waals surface area contributed by atoms with Crippen LogP contribution in [0.3, 0.4) is 0 Å². The van der Waals surface area contributed by atoms with Crippen LogP contribution < -0.4 is 10.9 Å². The zero-order valence-electron chi connectivity index (χ0n) is 20.9.